The summed E-state index contributed by atoms with van der Waals surface area (Å²) in [7, 11) is 0. The van der Waals surface area contributed by atoms with E-state index in [0.717, 1.165) is 45.9 Å². The standard InChI is InChI=1S/C14H13BrN6/c15-8-1-2-9-10(3-8)17-5-11(20-9)12-6-18-14(21-12)13-4-16-7-19-13/h1-3,5-6,13,16,19H,4,7H2,(H,18,21)/t13-/m0/s1. The van der Waals surface area contributed by atoms with Crippen molar-refractivity contribution in [3.63, 3.8) is 0 Å². The van der Waals surface area contributed by atoms with Gasteiger partial charge in [0.25, 0.3) is 0 Å². The van der Waals surface area contributed by atoms with Crippen LogP contribution in [0.2, 0.25) is 0 Å². The van der Waals surface area contributed by atoms with Crippen LogP contribution in [0, 0.1) is 0 Å². The van der Waals surface area contributed by atoms with Crippen LogP contribution in [0.25, 0.3) is 22.4 Å². The molecule has 4 rings (SSSR count). The number of aromatic nitrogens is 4. The zero-order chi connectivity index (χ0) is 14.2. The maximum absolute atomic E-state index is 4.64. The van der Waals surface area contributed by atoms with Crippen molar-refractivity contribution < 1.29 is 0 Å². The smallest absolute Gasteiger partial charge is 0.125 e. The summed E-state index contributed by atoms with van der Waals surface area (Å²) in [5.74, 6) is 0.924. The minimum atomic E-state index is 0.225. The molecule has 0 saturated carbocycles. The van der Waals surface area contributed by atoms with Gasteiger partial charge in [-0.15, -0.1) is 0 Å². The number of hydrogen-bond acceptors (Lipinski definition) is 5. The van der Waals surface area contributed by atoms with Crippen LogP contribution in [0.3, 0.4) is 0 Å². The second kappa shape index (κ2) is 5.18. The lowest BCUT2D eigenvalue weighted by atomic mass is 10.2. The molecule has 106 valence electrons. The Morgan fingerprint density at radius 3 is 2.95 bits per heavy atom. The third kappa shape index (κ3) is 2.44. The SMILES string of the molecule is Brc1ccc2nc(-c3cnc([C@@H]4CNCN4)[nH]3)cnc2c1. The van der Waals surface area contributed by atoms with Gasteiger partial charge in [-0.3, -0.25) is 10.3 Å². The van der Waals surface area contributed by atoms with E-state index in [1.807, 2.05) is 24.4 Å². The van der Waals surface area contributed by atoms with Gasteiger partial charge in [-0.1, -0.05) is 15.9 Å². The molecular formula is C14H13BrN6. The van der Waals surface area contributed by atoms with Crippen LogP contribution >= 0.6 is 15.9 Å². The van der Waals surface area contributed by atoms with E-state index in [1.54, 1.807) is 6.20 Å². The molecule has 0 aliphatic carbocycles. The fourth-order valence-corrected chi connectivity index (χ4v) is 2.78. The highest BCUT2D eigenvalue weighted by Gasteiger charge is 2.19. The second-order valence-corrected chi connectivity index (χ2v) is 5.87. The molecule has 7 heteroatoms. The molecule has 1 saturated heterocycles. The number of H-pyrrole nitrogens is 1. The van der Waals surface area contributed by atoms with Crippen LogP contribution in [0.5, 0.6) is 0 Å². The maximum atomic E-state index is 4.64. The molecule has 1 aromatic carbocycles. The van der Waals surface area contributed by atoms with Crippen molar-refractivity contribution in [2.75, 3.05) is 13.2 Å². The predicted octanol–water partition coefficient (Wildman–Crippen LogP) is 1.97. The summed E-state index contributed by atoms with van der Waals surface area (Å²) >= 11 is 3.44. The predicted molar refractivity (Wildman–Crippen MR) is 83.6 cm³/mol. The third-order valence-corrected chi connectivity index (χ3v) is 4.02. The number of fused-ring (bicyclic) bond motifs is 1. The zero-order valence-corrected chi connectivity index (χ0v) is 12.7. The highest BCUT2D eigenvalue weighted by Crippen LogP contribution is 2.21. The lowest BCUT2D eigenvalue weighted by Crippen LogP contribution is -2.16. The fraction of sp³-hybridized carbons (Fsp3) is 0.214. The van der Waals surface area contributed by atoms with Gasteiger partial charge in [-0.05, 0) is 18.2 Å². The molecule has 1 aliphatic heterocycles. The quantitative estimate of drug-likeness (QED) is 0.662. The van der Waals surface area contributed by atoms with Crippen LogP contribution in [0.1, 0.15) is 11.9 Å². The molecule has 1 fully saturated rings. The Balaban J connectivity index is 1.71. The van der Waals surface area contributed by atoms with E-state index in [1.165, 1.54) is 0 Å². The van der Waals surface area contributed by atoms with Gasteiger partial charge in [-0.25, -0.2) is 9.97 Å². The Hall–Kier alpha value is -1.83. The third-order valence-electron chi connectivity index (χ3n) is 3.53. The Bertz CT molecular complexity index is 793. The average molecular weight is 345 g/mol. The Kier molecular flexibility index (Phi) is 3.17. The minimum Gasteiger partial charge on any atom is -0.339 e. The van der Waals surface area contributed by atoms with E-state index in [9.17, 15) is 0 Å². The molecular weight excluding hydrogens is 332 g/mol. The first-order valence-electron chi connectivity index (χ1n) is 6.71. The summed E-state index contributed by atoms with van der Waals surface area (Å²) in [6.07, 6.45) is 3.58. The van der Waals surface area contributed by atoms with Gasteiger partial charge < -0.3 is 10.3 Å². The molecule has 0 radical (unpaired) electrons. The molecule has 1 atom stereocenters. The van der Waals surface area contributed by atoms with E-state index in [0.29, 0.717) is 0 Å². The van der Waals surface area contributed by atoms with E-state index in [2.05, 4.69) is 46.5 Å². The zero-order valence-electron chi connectivity index (χ0n) is 11.1. The minimum absolute atomic E-state index is 0.225. The Labute approximate surface area is 129 Å². The lowest BCUT2D eigenvalue weighted by molar-refractivity contribution is 0.640. The molecule has 21 heavy (non-hydrogen) atoms. The van der Waals surface area contributed by atoms with Crippen LogP contribution in [0.4, 0.5) is 0 Å². The maximum Gasteiger partial charge on any atom is 0.125 e. The number of imidazole rings is 1. The number of benzene rings is 1. The Morgan fingerprint density at radius 2 is 2.10 bits per heavy atom. The molecule has 2 aromatic heterocycles. The van der Waals surface area contributed by atoms with Crippen molar-refractivity contribution in [3.05, 3.63) is 40.9 Å². The summed E-state index contributed by atoms with van der Waals surface area (Å²) in [6, 6.07) is 6.10. The molecule has 3 aromatic rings. The van der Waals surface area contributed by atoms with Gasteiger partial charge >= 0.3 is 0 Å². The van der Waals surface area contributed by atoms with Gasteiger partial charge in [0, 0.05) is 17.7 Å². The molecule has 0 unspecified atom stereocenters. The largest absolute Gasteiger partial charge is 0.339 e. The first kappa shape index (κ1) is 12.9. The topological polar surface area (TPSA) is 78.5 Å². The van der Waals surface area contributed by atoms with Crippen molar-refractivity contribution in [1.29, 1.82) is 0 Å². The molecule has 0 spiro atoms. The molecule has 1 aliphatic rings. The number of nitrogens with one attached hydrogen (secondary N) is 3. The molecule has 6 nitrogen and oxygen atoms in total. The first-order chi connectivity index (χ1) is 10.3. The number of nitrogens with zero attached hydrogens (tertiary/aromatic N) is 3. The summed E-state index contributed by atoms with van der Waals surface area (Å²) in [4.78, 5) is 16.9. The van der Waals surface area contributed by atoms with Crippen molar-refractivity contribution in [2.45, 2.75) is 6.04 Å². The van der Waals surface area contributed by atoms with E-state index < -0.39 is 0 Å². The van der Waals surface area contributed by atoms with Gasteiger partial charge in [-0.2, -0.15) is 0 Å². The van der Waals surface area contributed by atoms with Crippen LogP contribution < -0.4 is 10.6 Å². The van der Waals surface area contributed by atoms with Crippen molar-refractivity contribution in [3.8, 4) is 11.4 Å². The Morgan fingerprint density at radius 1 is 1.14 bits per heavy atom. The van der Waals surface area contributed by atoms with E-state index >= 15 is 0 Å². The van der Waals surface area contributed by atoms with Crippen molar-refractivity contribution in [2.24, 2.45) is 0 Å². The monoisotopic (exact) mass is 344 g/mol. The second-order valence-electron chi connectivity index (χ2n) is 4.96. The van der Waals surface area contributed by atoms with Crippen LogP contribution in [-0.2, 0) is 0 Å². The fourth-order valence-electron chi connectivity index (χ4n) is 2.43. The van der Waals surface area contributed by atoms with Crippen LogP contribution in [-0.4, -0.2) is 33.1 Å². The average Bonchev–Trinajstić information content (AvgIpc) is 3.17. The van der Waals surface area contributed by atoms with E-state index in [4.69, 9.17) is 0 Å². The molecule has 3 N–H and O–H groups in total. The highest BCUT2D eigenvalue weighted by molar-refractivity contribution is 9.10. The van der Waals surface area contributed by atoms with Crippen molar-refractivity contribution >= 4 is 27.0 Å². The highest BCUT2D eigenvalue weighted by atomic mass is 79.9. The van der Waals surface area contributed by atoms with Gasteiger partial charge in [0.05, 0.1) is 35.2 Å². The summed E-state index contributed by atoms with van der Waals surface area (Å²) in [6.45, 7) is 1.69. The number of rotatable bonds is 2. The summed E-state index contributed by atoms with van der Waals surface area (Å²) in [5, 5.41) is 6.57. The molecule has 3 heterocycles. The van der Waals surface area contributed by atoms with Crippen molar-refractivity contribution in [1.82, 2.24) is 30.6 Å². The first-order valence-corrected chi connectivity index (χ1v) is 7.50. The van der Waals surface area contributed by atoms with Gasteiger partial charge in [0.15, 0.2) is 0 Å². The molecule has 0 bridgehead atoms. The van der Waals surface area contributed by atoms with Gasteiger partial charge in [0.1, 0.15) is 11.5 Å². The number of halogens is 1. The number of hydrogen-bond donors (Lipinski definition) is 3. The number of aromatic amines is 1. The summed E-state index contributed by atoms with van der Waals surface area (Å²) in [5.41, 5.74) is 3.42. The van der Waals surface area contributed by atoms with Gasteiger partial charge in [0.2, 0.25) is 0 Å². The normalized spacial score (nSPS) is 18.4. The summed E-state index contributed by atoms with van der Waals surface area (Å²) < 4.78 is 1.00. The molecule has 0 amide bonds. The van der Waals surface area contributed by atoms with Crippen LogP contribution in [0.15, 0.2) is 35.1 Å². The lowest BCUT2D eigenvalue weighted by Gasteiger charge is -2.04. The van der Waals surface area contributed by atoms with E-state index in [-0.39, 0.29) is 6.04 Å².